The highest BCUT2D eigenvalue weighted by atomic mass is 19.2. The van der Waals surface area contributed by atoms with Crippen molar-refractivity contribution in [2.45, 2.75) is 52.7 Å². The zero-order chi connectivity index (χ0) is 29.9. The highest BCUT2D eigenvalue weighted by Gasteiger charge is 2.12. The molecule has 4 rings (SSSR count). The molecule has 4 nitrogen and oxygen atoms in total. The summed E-state index contributed by atoms with van der Waals surface area (Å²) in [6.07, 6.45) is 3.17. The molecule has 4 aromatic rings. The number of para-hydroxylation sites is 1. The number of hydrogen-bond donors (Lipinski definition) is 0. The summed E-state index contributed by atoms with van der Waals surface area (Å²) in [5.74, 6) is -0.646. The van der Waals surface area contributed by atoms with Crippen LogP contribution < -0.4 is 4.74 Å². The average Bonchev–Trinajstić information content (AvgIpc) is 2.99. The van der Waals surface area contributed by atoms with Crippen molar-refractivity contribution in [2.75, 3.05) is 13.1 Å². The van der Waals surface area contributed by atoms with Gasteiger partial charge >= 0.3 is 0 Å². The number of hydrogen-bond acceptors (Lipinski definition) is 4. The molecular formula is C36H37F2NO3. The first kappa shape index (κ1) is 30.8. The number of ether oxygens (including phenoxy) is 1. The number of benzene rings is 4. The number of rotatable bonds is 15. The Balaban J connectivity index is 1.39. The van der Waals surface area contributed by atoms with Crippen LogP contribution >= 0.6 is 0 Å². The Morgan fingerprint density at radius 2 is 1.48 bits per heavy atom. The standard InChI is InChI=1S/C36H37F2NO3/c1-26(40)8-5-6-22-39(24-28-13-17-30(18-14-28)27(2)41)23-21-32-9-3-4-12-35(32)42-25-29-15-19-31(20-16-29)33-10-7-11-34(37)36(33)38/h3-4,7,9-20H,5-6,8,21-25H2,1-2H3. The van der Waals surface area contributed by atoms with E-state index in [1.807, 2.05) is 54.6 Å². The lowest BCUT2D eigenvalue weighted by molar-refractivity contribution is -0.117. The summed E-state index contributed by atoms with van der Waals surface area (Å²) in [6.45, 7) is 5.97. The third-order valence-electron chi connectivity index (χ3n) is 7.30. The topological polar surface area (TPSA) is 46.6 Å². The van der Waals surface area contributed by atoms with Crippen LogP contribution in [-0.4, -0.2) is 29.6 Å². The molecule has 0 fully saturated rings. The maximum absolute atomic E-state index is 14.2. The predicted molar refractivity (Wildman–Crippen MR) is 163 cm³/mol. The summed E-state index contributed by atoms with van der Waals surface area (Å²) < 4.78 is 34.0. The lowest BCUT2D eigenvalue weighted by atomic mass is 10.0. The van der Waals surface area contributed by atoms with Gasteiger partial charge in [0.25, 0.3) is 0 Å². The Morgan fingerprint density at radius 3 is 2.19 bits per heavy atom. The van der Waals surface area contributed by atoms with Gasteiger partial charge in [0.05, 0.1) is 0 Å². The van der Waals surface area contributed by atoms with E-state index in [4.69, 9.17) is 4.74 Å². The van der Waals surface area contributed by atoms with E-state index in [0.717, 1.165) is 67.4 Å². The van der Waals surface area contributed by atoms with Gasteiger partial charge in [0.1, 0.15) is 18.1 Å². The van der Waals surface area contributed by atoms with Gasteiger partial charge in [-0.3, -0.25) is 9.69 Å². The number of nitrogens with zero attached hydrogens (tertiary/aromatic N) is 1. The molecule has 0 radical (unpaired) electrons. The van der Waals surface area contributed by atoms with Crippen LogP contribution in [0.4, 0.5) is 8.78 Å². The number of carbonyl (C=O) groups is 2. The van der Waals surface area contributed by atoms with Crippen molar-refractivity contribution >= 4 is 11.6 Å². The summed E-state index contributed by atoms with van der Waals surface area (Å²) in [5, 5.41) is 0. The highest BCUT2D eigenvalue weighted by Crippen LogP contribution is 2.26. The van der Waals surface area contributed by atoms with Crippen LogP contribution in [0.15, 0.2) is 91.0 Å². The second-order valence-electron chi connectivity index (χ2n) is 10.6. The van der Waals surface area contributed by atoms with Crippen molar-refractivity contribution < 1.29 is 23.1 Å². The third kappa shape index (κ3) is 8.92. The van der Waals surface area contributed by atoms with E-state index in [2.05, 4.69) is 11.0 Å². The first-order chi connectivity index (χ1) is 20.3. The van der Waals surface area contributed by atoms with Gasteiger partial charge in [-0.2, -0.15) is 0 Å². The average molecular weight is 570 g/mol. The lowest BCUT2D eigenvalue weighted by Gasteiger charge is -2.23. The van der Waals surface area contributed by atoms with Crippen molar-refractivity contribution in [1.29, 1.82) is 0 Å². The smallest absolute Gasteiger partial charge is 0.166 e. The van der Waals surface area contributed by atoms with E-state index in [1.54, 1.807) is 32.0 Å². The van der Waals surface area contributed by atoms with Crippen LogP contribution in [0.2, 0.25) is 0 Å². The number of unbranched alkanes of at least 4 members (excludes halogenated alkanes) is 1. The number of Topliss-reactive ketones (excluding diaryl/α,β-unsaturated/α-hetero) is 2. The Hall–Kier alpha value is -4.16. The predicted octanol–water partition coefficient (Wildman–Crippen LogP) is 8.22. The van der Waals surface area contributed by atoms with Gasteiger partial charge in [-0.05, 0) is 74.0 Å². The van der Waals surface area contributed by atoms with Gasteiger partial charge in [0.15, 0.2) is 17.4 Å². The molecule has 0 spiro atoms. The second kappa shape index (κ2) is 15.2. The fraction of sp³-hybridized carbons (Fsp3) is 0.278. The molecule has 0 bridgehead atoms. The molecule has 0 heterocycles. The normalized spacial score (nSPS) is 11.1. The minimum atomic E-state index is -0.864. The van der Waals surface area contributed by atoms with Crippen LogP contribution in [0.5, 0.6) is 5.75 Å². The molecule has 0 aliphatic rings. The van der Waals surface area contributed by atoms with Crippen LogP contribution in [0.1, 0.15) is 60.2 Å². The summed E-state index contributed by atoms with van der Waals surface area (Å²) in [5.41, 5.74) is 4.69. The highest BCUT2D eigenvalue weighted by molar-refractivity contribution is 5.94. The minimum absolute atomic E-state index is 0.0515. The summed E-state index contributed by atoms with van der Waals surface area (Å²) >= 11 is 0. The van der Waals surface area contributed by atoms with E-state index >= 15 is 0 Å². The van der Waals surface area contributed by atoms with Gasteiger partial charge < -0.3 is 9.53 Å². The minimum Gasteiger partial charge on any atom is -0.489 e. The third-order valence-corrected chi connectivity index (χ3v) is 7.30. The fourth-order valence-corrected chi connectivity index (χ4v) is 4.88. The van der Waals surface area contributed by atoms with E-state index in [0.29, 0.717) is 24.2 Å². The molecule has 42 heavy (non-hydrogen) atoms. The summed E-state index contributed by atoms with van der Waals surface area (Å²) in [6, 6.07) is 27.2. The van der Waals surface area contributed by atoms with Crippen LogP contribution in [0.25, 0.3) is 11.1 Å². The zero-order valence-corrected chi connectivity index (χ0v) is 24.2. The maximum Gasteiger partial charge on any atom is 0.166 e. The number of halogens is 2. The van der Waals surface area contributed by atoms with E-state index in [9.17, 15) is 18.4 Å². The molecule has 0 atom stereocenters. The molecular weight excluding hydrogens is 532 g/mol. The Labute approximate surface area is 247 Å². The zero-order valence-electron chi connectivity index (χ0n) is 24.2. The molecule has 6 heteroatoms. The van der Waals surface area contributed by atoms with Crippen molar-refractivity contribution in [2.24, 2.45) is 0 Å². The van der Waals surface area contributed by atoms with E-state index in [1.165, 1.54) is 6.07 Å². The van der Waals surface area contributed by atoms with E-state index in [-0.39, 0.29) is 17.1 Å². The van der Waals surface area contributed by atoms with Gasteiger partial charge in [-0.15, -0.1) is 0 Å². The Morgan fingerprint density at radius 1 is 0.762 bits per heavy atom. The second-order valence-corrected chi connectivity index (χ2v) is 10.6. The number of carbonyl (C=O) groups excluding carboxylic acids is 2. The Bertz CT molecular complexity index is 1480. The van der Waals surface area contributed by atoms with Gasteiger partial charge in [-0.25, -0.2) is 8.78 Å². The molecule has 4 aromatic carbocycles. The van der Waals surface area contributed by atoms with Gasteiger partial charge in [-0.1, -0.05) is 78.9 Å². The van der Waals surface area contributed by atoms with Crippen molar-refractivity contribution in [1.82, 2.24) is 4.90 Å². The van der Waals surface area contributed by atoms with Crippen molar-refractivity contribution in [3.05, 3.63) is 125 Å². The molecule has 0 N–H and O–H groups in total. The summed E-state index contributed by atoms with van der Waals surface area (Å²) in [4.78, 5) is 25.4. The van der Waals surface area contributed by atoms with E-state index < -0.39 is 11.6 Å². The fourth-order valence-electron chi connectivity index (χ4n) is 4.88. The molecule has 0 amide bonds. The van der Waals surface area contributed by atoms with Gasteiger partial charge in [0, 0.05) is 30.6 Å². The lowest BCUT2D eigenvalue weighted by Crippen LogP contribution is -2.27. The first-order valence-electron chi connectivity index (χ1n) is 14.4. The summed E-state index contributed by atoms with van der Waals surface area (Å²) in [7, 11) is 0. The molecule has 218 valence electrons. The molecule has 0 aliphatic heterocycles. The van der Waals surface area contributed by atoms with Crippen LogP contribution in [0, 0.1) is 11.6 Å². The maximum atomic E-state index is 14.2. The van der Waals surface area contributed by atoms with Crippen molar-refractivity contribution in [3.8, 4) is 16.9 Å². The molecule has 0 aromatic heterocycles. The Kier molecular flexibility index (Phi) is 11.1. The quantitative estimate of drug-likeness (QED) is 0.107. The molecule has 0 saturated heterocycles. The first-order valence-corrected chi connectivity index (χ1v) is 14.4. The SMILES string of the molecule is CC(=O)CCCCN(CCc1ccccc1OCc1ccc(-c2cccc(F)c2F)cc1)Cc1ccc(C(C)=O)cc1. The molecule has 0 saturated carbocycles. The van der Waals surface area contributed by atoms with Crippen molar-refractivity contribution in [3.63, 3.8) is 0 Å². The molecule has 0 aliphatic carbocycles. The number of ketones is 2. The van der Waals surface area contributed by atoms with Crippen LogP contribution in [0.3, 0.4) is 0 Å². The molecule has 0 unspecified atom stereocenters. The van der Waals surface area contributed by atoms with Gasteiger partial charge in [0.2, 0.25) is 0 Å². The monoisotopic (exact) mass is 569 g/mol. The largest absolute Gasteiger partial charge is 0.489 e. The van der Waals surface area contributed by atoms with Crippen LogP contribution in [-0.2, 0) is 24.4 Å².